The number of aromatic nitrogens is 5. The molecule has 1 N–H and O–H groups in total. The summed E-state index contributed by atoms with van der Waals surface area (Å²) in [6.45, 7) is 8.65. The lowest BCUT2D eigenvalue weighted by Crippen LogP contribution is -2.43. The Morgan fingerprint density at radius 1 is 1.06 bits per heavy atom. The van der Waals surface area contributed by atoms with Gasteiger partial charge in [0.2, 0.25) is 5.88 Å². The summed E-state index contributed by atoms with van der Waals surface area (Å²) in [6.07, 6.45) is 8.78. The molecule has 2 unspecified atom stereocenters. The van der Waals surface area contributed by atoms with Crippen LogP contribution >= 0.6 is 0 Å². The molecule has 0 saturated carbocycles. The number of rotatable bonds is 6. The highest BCUT2D eigenvalue weighted by atomic mass is 19.1. The maximum Gasteiger partial charge on any atom is 0.319 e. The van der Waals surface area contributed by atoms with Crippen LogP contribution in [0.4, 0.5) is 10.2 Å². The summed E-state index contributed by atoms with van der Waals surface area (Å²) in [6, 6.07) is 2.33. The number of halogens is 1. The number of fused-ring (bicyclic) bond motifs is 4. The van der Waals surface area contributed by atoms with E-state index in [4.69, 9.17) is 33.9 Å². The Morgan fingerprint density at radius 3 is 2.83 bits per heavy atom. The largest absolute Gasteiger partial charge is 0.480 e. The predicted molar refractivity (Wildman–Crippen MR) is 179 cm³/mol. The molecule has 0 spiro atoms. The lowest BCUT2D eigenvalue weighted by molar-refractivity contribution is 0.100. The van der Waals surface area contributed by atoms with Gasteiger partial charge in [-0.2, -0.15) is 15.1 Å². The molecular formula is C36H42FN7O4. The molecule has 4 fully saturated rings. The number of aryl methyl sites for hydroxylation is 1. The van der Waals surface area contributed by atoms with Crippen LogP contribution in [0.5, 0.6) is 11.9 Å². The lowest BCUT2D eigenvalue weighted by atomic mass is 9.79. The Balaban J connectivity index is 1.20. The van der Waals surface area contributed by atoms with Crippen molar-refractivity contribution in [1.82, 2.24) is 30.0 Å². The highest BCUT2D eigenvalue weighted by molar-refractivity contribution is 6.01. The number of anilines is 1. The summed E-state index contributed by atoms with van der Waals surface area (Å²) < 4.78 is 41.2. The normalized spacial score (nSPS) is 24.6. The first-order chi connectivity index (χ1) is 23.5. The highest BCUT2D eigenvalue weighted by Crippen LogP contribution is 2.47. The molecule has 2 atom stereocenters. The molecule has 3 aromatic heterocycles. The summed E-state index contributed by atoms with van der Waals surface area (Å²) in [5.74, 6) is 0.599. The van der Waals surface area contributed by atoms with Crippen LogP contribution in [0.1, 0.15) is 62.5 Å². The first-order valence-electron chi connectivity index (χ1n) is 17.5. The maximum atomic E-state index is 17.4. The third kappa shape index (κ3) is 4.86. The average molecular weight is 656 g/mol. The van der Waals surface area contributed by atoms with Crippen LogP contribution in [-0.4, -0.2) is 102 Å². The van der Waals surface area contributed by atoms with Crippen LogP contribution in [0.2, 0.25) is 0 Å². The van der Waals surface area contributed by atoms with Crippen LogP contribution in [-0.2, 0) is 15.9 Å². The summed E-state index contributed by atoms with van der Waals surface area (Å²) in [5, 5.41) is 8.75. The molecule has 4 aromatic rings. The van der Waals surface area contributed by atoms with Gasteiger partial charge in [0.1, 0.15) is 29.0 Å². The SMILES string of the molecule is COc1nc(-c2c3c(cc4[nH]ncc24)CCCC3C)c(F)c2nc(OCC34CCCN3CC(=C3COC3)C4)nc(N3CCCOCC3)c12. The molecule has 1 aromatic carbocycles. The third-order valence-corrected chi connectivity index (χ3v) is 11.3. The Bertz CT molecular complexity index is 1930. The average Bonchev–Trinajstić information content (AvgIpc) is 3.71. The number of aromatic amines is 1. The van der Waals surface area contributed by atoms with Crippen molar-refractivity contribution in [1.29, 1.82) is 0 Å². The lowest BCUT2D eigenvalue weighted by Gasteiger charge is -2.31. The second-order valence-corrected chi connectivity index (χ2v) is 14.2. The fourth-order valence-corrected chi connectivity index (χ4v) is 8.78. The number of H-pyrrole nitrogens is 1. The van der Waals surface area contributed by atoms with Gasteiger partial charge in [0.15, 0.2) is 5.82 Å². The molecule has 4 saturated heterocycles. The zero-order chi connectivity index (χ0) is 32.4. The monoisotopic (exact) mass is 655 g/mol. The van der Waals surface area contributed by atoms with Crippen molar-refractivity contribution < 1.29 is 23.3 Å². The zero-order valence-corrected chi connectivity index (χ0v) is 27.7. The van der Waals surface area contributed by atoms with Crippen LogP contribution in [0, 0.1) is 5.82 Å². The molecule has 4 aliphatic heterocycles. The molecule has 1 aliphatic carbocycles. The Morgan fingerprint density at radius 2 is 1.98 bits per heavy atom. The van der Waals surface area contributed by atoms with E-state index in [2.05, 4.69) is 33.0 Å². The van der Waals surface area contributed by atoms with Crippen molar-refractivity contribution in [2.24, 2.45) is 0 Å². The van der Waals surface area contributed by atoms with Gasteiger partial charge in [0, 0.05) is 37.2 Å². The number of pyridine rings is 1. The van der Waals surface area contributed by atoms with E-state index >= 15 is 4.39 Å². The number of hydrogen-bond acceptors (Lipinski definition) is 10. The van der Waals surface area contributed by atoms with E-state index in [1.54, 1.807) is 13.3 Å². The molecule has 0 amide bonds. The fraction of sp³-hybridized carbons (Fsp3) is 0.556. The standard InChI is InChI=1S/C36H42FN7O4/c1-21-6-3-7-22-14-26-25(16-38-42-26)28(27(21)22)31-30(37)32-29(34(39-31)45-2)33(43-9-5-12-46-13-11-43)41-35(40-32)48-20-36-8-4-10-44(36)17-23(15-36)24-18-47-19-24/h14,16,21H,3-13,15,17-20H2,1-2H3,(H,38,42). The molecule has 0 bridgehead atoms. The molecule has 11 nitrogen and oxygen atoms in total. The summed E-state index contributed by atoms with van der Waals surface area (Å²) in [5.41, 5.74) is 7.14. The molecule has 48 heavy (non-hydrogen) atoms. The van der Waals surface area contributed by atoms with Crippen LogP contribution < -0.4 is 14.4 Å². The van der Waals surface area contributed by atoms with Crippen LogP contribution in [0.25, 0.3) is 33.1 Å². The van der Waals surface area contributed by atoms with Crippen molar-refractivity contribution in [2.75, 3.05) is 71.2 Å². The number of methoxy groups -OCH3 is 1. The molecular weight excluding hydrogens is 613 g/mol. The van der Waals surface area contributed by atoms with Gasteiger partial charge in [-0.15, -0.1) is 0 Å². The summed E-state index contributed by atoms with van der Waals surface area (Å²) >= 11 is 0. The number of ether oxygens (including phenoxy) is 4. The van der Waals surface area contributed by atoms with E-state index < -0.39 is 5.82 Å². The van der Waals surface area contributed by atoms with Crippen molar-refractivity contribution in [3.63, 3.8) is 0 Å². The van der Waals surface area contributed by atoms with E-state index in [9.17, 15) is 0 Å². The molecule has 9 rings (SSSR count). The van der Waals surface area contributed by atoms with Crippen molar-refractivity contribution in [3.8, 4) is 23.1 Å². The molecule has 5 aliphatic rings. The second kappa shape index (κ2) is 11.9. The van der Waals surface area contributed by atoms with Gasteiger partial charge in [-0.3, -0.25) is 10.00 Å². The molecule has 0 radical (unpaired) electrons. The van der Waals surface area contributed by atoms with Gasteiger partial charge in [-0.1, -0.05) is 12.5 Å². The minimum atomic E-state index is -0.502. The Labute approximate surface area is 278 Å². The summed E-state index contributed by atoms with van der Waals surface area (Å²) in [7, 11) is 1.58. The topological polar surface area (TPSA) is 111 Å². The first kappa shape index (κ1) is 30.2. The van der Waals surface area contributed by atoms with E-state index in [1.807, 2.05) is 0 Å². The highest BCUT2D eigenvalue weighted by Gasteiger charge is 2.48. The second-order valence-electron chi connectivity index (χ2n) is 14.2. The van der Waals surface area contributed by atoms with E-state index in [1.165, 1.54) is 16.7 Å². The maximum absolute atomic E-state index is 17.4. The number of benzene rings is 1. The van der Waals surface area contributed by atoms with Crippen molar-refractivity contribution in [2.45, 2.75) is 63.3 Å². The zero-order valence-electron chi connectivity index (χ0n) is 27.7. The van der Waals surface area contributed by atoms with Crippen LogP contribution in [0.3, 0.4) is 0 Å². The Hall–Kier alpha value is -3.87. The molecule has 252 valence electrons. The van der Waals surface area contributed by atoms with E-state index in [0.29, 0.717) is 50.0 Å². The molecule has 12 heteroatoms. The van der Waals surface area contributed by atoms with Crippen molar-refractivity contribution in [3.05, 3.63) is 40.4 Å². The van der Waals surface area contributed by atoms with Gasteiger partial charge in [0.25, 0.3) is 0 Å². The van der Waals surface area contributed by atoms with Crippen LogP contribution in [0.15, 0.2) is 23.4 Å². The van der Waals surface area contributed by atoms with Gasteiger partial charge < -0.3 is 23.8 Å². The number of nitrogens with zero attached hydrogens (tertiary/aromatic N) is 6. The first-order valence-corrected chi connectivity index (χ1v) is 17.5. The number of nitrogens with one attached hydrogen (secondary N) is 1. The predicted octanol–water partition coefficient (Wildman–Crippen LogP) is 5.33. The minimum Gasteiger partial charge on any atom is -0.480 e. The van der Waals surface area contributed by atoms with Gasteiger partial charge >= 0.3 is 6.01 Å². The van der Waals surface area contributed by atoms with E-state index in [-0.39, 0.29) is 28.7 Å². The summed E-state index contributed by atoms with van der Waals surface area (Å²) in [4.78, 5) is 19.4. The molecule has 7 heterocycles. The Kier molecular flexibility index (Phi) is 7.50. The minimum absolute atomic E-state index is 0.112. The number of hydrogen-bond donors (Lipinski definition) is 1. The van der Waals surface area contributed by atoms with Gasteiger partial charge in [0.05, 0.1) is 44.2 Å². The van der Waals surface area contributed by atoms with E-state index in [0.717, 1.165) is 93.3 Å². The van der Waals surface area contributed by atoms with Gasteiger partial charge in [-0.05, 0) is 80.2 Å². The fourth-order valence-electron chi connectivity index (χ4n) is 8.78. The smallest absolute Gasteiger partial charge is 0.319 e. The quantitative estimate of drug-likeness (QED) is 0.274. The van der Waals surface area contributed by atoms with Gasteiger partial charge in [-0.25, -0.2) is 9.37 Å². The van der Waals surface area contributed by atoms with Crippen molar-refractivity contribution >= 4 is 27.6 Å². The third-order valence-electron chi connectivity index (χ3n) is 11.3.